The number of hydrogen-bond donors (Lipinski definition) is 2. The first-order valence-corrected chi connectivity index (χ1v) is 15.2. The zero-order chi connectivity index (χ0) is 31.9. The van der Waals surface area contributed by atoms with E-state index in [0.717, 1.165) is 28.2 Å². The van der Waals surface area contributed by atoms with Crippen LogP contribution in [0.3, 0.4) is 0 Å². The van der Waals surface area contributed by atoms with Crippen molar-refractivity contribution in [2.75, 3.05) is 30.9 Å². The molecule has 0 aliphatic heterocycles. The van der Waals surface area contributed by atoms with Gasteiger partial charge in [-0.05, 0) is 79.7 Å². The van der Waals surface area contributed by atoms with Crippen molar-refractivity contribution in [3.63, 3.8) is 0 Å². The molecule has 8 nitrogen and oxygen atoms in total. The number of imidazole rings is 1. The third kappa shape index (κ3) is 8.96. The highest BCUT2D eigenvalue weighted by atomic mass is 35.5. The summed E-state index contributed by atoms with van der Waals surface area (Å²) in [5, 5.41) is 17.0. The standard InChI is InChI=1S/C33H35Cl2N7OS/c1-33(2,39-30(43)16-28-18-37-22-42(28)19-24-10-8-23(17-36)9-11-24)21-41(20-25-6-5-7-29(34)31(25)35)32(44)38-26-12-14-27(15-13-26)40(3)4/h5-15,18,22H,16,19-21H2,1-4H3,(H,38,44)(H,39,43). The minimum atomic E-state index is -0.666. The summed E-state index contributed by atoms with van der Waals surface area (Å²) < 4.78 is 1.93. The summed E-state index contributed by atoms with van der Waals surface area (Å²) in [7, 11) is 3.98. The summed E-state index contributed by atoms with van der Waals surface area (Å²) >= 11 is 18.7. The Morgan fingerprint density at radius 3 is 2.43 bits per heavy atom. The molecular weight excluding hydrogens is 613 g/mol. The maximum atomic E-state index is 13.3. The molecule has 0 aliphatic carbocycles. The van der Waals surface area contributed by atoms with Crippen molar-refractivity contribution in [2.45, 2.75) is 38.9 Å². The number of anilines is 2. The zero-order valence-electron chi connectivity index (χ0n) is 25.1. The minimum Gasteiger partial charge on any atom is -0.378 e. The highest BCUT2D eigenvalue weighted by Crippen LogP contribution is 2.27. The van der Waals surface area contributed by atoms with Crippen LogP contribution >= 0.6 is 35.4 Å². The minimum absolute atomic E-state index is 0.143. The number of nitrogens with one attached hydrogen (secondary N) is 2. The lowest BCUT2D eigenvalue weighted by atomic mass is 10.0. The van der Waals surface area contributed by atoms with E-state index in [4.69, 9.17) is 40.7 Å². The quantitative estimate of drug-likeness (QED) is 0.179. The van der Waals surface area contributed by atoms with Crippen molar-refractivity contribution in [2.24, 2.45) is 0 Å². The topological polar surface area (TPSA) is 89.2 Å². The number of carbonyl (C=O) groups is 1. The molecule has 4 aromatic rings. The lowest BCUT2D eigenvalue weighted by Gasteiger charge is -2.35. The zero-order valence-corrected chi connectivity index (χ0v) is 27.5. The van der Waals surface area contributed by atoms with Crippen molar-refractivity contribution in [3.8, 4) is 6.07 Å². The van der Waals surface area contributed by atoms with Gasteiger partial charge < -0.3 is 25.0 Å². The number of rotatable bonds is 11. The fourth-order valence-corrected chi connectivity index (χ4v) is 5.37. The smallest absolute Gasteiger partial charge is 0.226 e. The summed E-state index contributed by atoms with van der Waals surface area (Å²) in [5.41, 5.74) is 4.47. The van der Waals surface area contributed by atoms with E-state index < -0.39 is 5.54 Å². The molecule has 2 N–H and O–H groups in total. The van der Waals surface area contributed by atoms with Gasteiger partial charge in [-0.25, -0.2) is 4.98 Å². The van der Waals surface area contributed by atoms with E-state index in [9.17, 15) is 4.79 Å². The normalized spacial score (nSPS) is 11.0. The van der Waals surface area contributed by atoms with E-state index in [1.807, 2.05) is 90.8 Å². The van der Waals surface area contributed by atoms with Gasteiger partial charge in [0.2, 0.25) is 5.91 Å². The Morgan fingerprint density at radius 2 is 1.77 bits per heavy atom. The van der Waals surface area contributed by atoms with Crippen LogP contribution in [0.1, 0.15) is 36.2 Å². The lowest BCUT2D eigenvalue weighted by molar-refractivity contribution is -0.122. The Bertz CT molecular complexity index is 1640. The summed E-state index contributed by atoms with van der Waals surface area (Å²) in [6, 6.07) is 23.0. The number of benzene rings is 3. The average Bonchev–Trinajstić information content (AvgIpc) is 3.41. The Labute approximate surface area is 274 Å². The number of nitriles is 1. The predicted molar refractivity (Wildman–Crippen MR) is 182 cm³/mol. The molecular formula is C33H35Cl2N7OS. The maximum absolute atomic E-state index is 13.3. The first-order valence-electron chi connectivity index (χ1n) is 14.0. The molecule has 0 spiro atoms. The second-order valence-electron chi connectivity index (χ2n) is 11.4. The molecule has 228 valence electrons. The van der Waals surface area contributed by atoms with Crippen LogP contribution < -0.4 is 15.5 Å². The Morgan fingerprint density at radius 1 is 1.07 bits per heavy atom. The van der Waals surface area contributed by atoms with Crippen LogP contribution in [0.5, 0.6) is 0 Å². The van der Waals surface area contributed by atoms with Gasteiger partial charge in [0.15, 0.2) is 5.11 Å². The first kappa shape index (κ1) is 32.8. The second-order valence-corrected chi connectivity index (χ2v) is 12.5. The monoisotopic (exact) mass is 647 g/mol. The second kappa shape index (κ2) is 14.6. The van der Waals surface area contributed by atoms with E-state index in [1.165, 1.54) is 0 Å². The van der Waals surface area contributed by atoms with Gasteiger partial charge in [0.1, 0.15) is 0 Å². The molecule has 4 rings (SSSR count). The fourth-order valence-electron chi connectivity index (χ4n) is 4.74. The number of carbonyl (C=O) groups excluding carboxylic acids is 1. The number of hydrogen-bond acceptors (Lipinski definition) is 5. The Hall–Kier alpha value is -4.10. The Kier molecular flexibility index (Phi) is 10.9. The largest absolute Gasteiger partial charge is 0.378 e. The Balaban J connectivity index is 1.46. The average molecular weight is 649 g/mol. The van der Waals surface area contributed by atoms with Crippen LogP contribution in [0.15, 0.2) is 79.3 Å². The van der Waals surface area contributed by atoms with Gasteiger partial charge in [-0.2, -0.15) is 5.26 Å². The number of halogens is 2. The molecule has 44 heavy (non-hydrogen) atoms. The van der Waals surface area contributed by atoms with Crippen LogP contribution in [0, 0.1) is 11.3 Å². The summed E-state index contributed by atoms with van der Waals surface area (Å²) in [6.07, 6.45) is 3.56. The number of nitrogens with zero attached hydrogens (tertiary/aromatic N) is 5. The van der Waals surface area contributed by atoms with Gasteiger partial charge >= 0.3 is 0 Å². The van der Waals surface area contributed by atoms with Gasteiger partial charge in [0.05, 0.1) is 40.0 Å². The first-order chi connectivity index (χ1) is 20.9. The van der Waals surface area contributed by atoms with Crippen LogP contribution in [-0.2, 0) is 24.3 Å². The molecule has 0 bridgehead atoms. The van der Waals surface area contributed by atoms with E-state index in [0.29, 0.717) is 40.4 Å². The van der Waals surface area contributed by atoms with E-state index in [1.54, 1.807) is 30.7 Å². The molecule has 0 atom stereocenters. The fraction of sp³-hybridized carbons (Fsp3) is 0.273. The van der Waals surface area contributed by atoms with Gasteiger partial charge in [-0.3, -0.25) is 4.79 Å². The van der Waals surface area contributed by atoms with Crippen molar-refractivity contribution in [1.29, 1.82) is 5.26 Å². The predicted octanol–water partition coefficient (Wildman–Crippen LogP) is 6.51. The summed E-state index contributed by atoms with van der Waals surface area (Å²) in [4.78, 5) is 21.6. The van der Waals surface area contributed by atoms with Gasteiger partial charge in [-0.15, -0.1) is 0 Å². The molecule has 3 aromatic carbocycles. The molecule has 0 saturated carbocycles. The van der Waals surface area contributed by atoms with Gasteiger partial charge in [0, 0.05) is 57.0 Å². The maximum Gasteiger partial charge on any atom is 0.226 e. The molecule has 1 amide bonds. The molecule has 0 aliphatic rings. The molecule has 0 unspecified atom stereocenters. The molecule has 1 heterocycles. The lowest BCUT2D eigenvalue weighted by Crippen LogP contribution is -2.53. The van der Waals surface area contributed by atoms with Crippen molar-refractivity contribution < 1.29 is 4.79 Å². The summed E-state index contributed by atoms with van der Waals surface area (Å²) in [6.45, 7) is 5.24. The van der Waals surface area contributed by atoms with Crippen LogP contribution in [-0.4, -0.2) is 51.6 Å². The SMILES string of the molecule is CN(C)c1ccc(NC(=S)N(Cc2cccc(Cl)c2Cl)CC(C)(C)NC(=O)Cc2cncn2Cc2ccc(C#N)cc2)cc1. The van der Waals surface area contributed by atoms with Crippen LogP contribution in [0.4, 0.5) is 11.4 Å². The molecule has 0 radical (unpaired) electrons. The van der Waals surface area contributed by atoms with Crippen LogP contribution in [0.2, 0.25) is 10.0 Å². The molecule has 0 fully saturated rings. The van der Waals surface area contributed by atoms with E-state index in [-0.39, 0.29) is 12.3 Å². The summed E-state index contributed by atoms with van der Waals surface area (Å²) in [5.74, 6) is -0.143. The highest BCUT2D eigenvalue weighted by molar-refractivity contribution is 7.80. The van der Waals surface area contributed by atoms with Crippen molar-refractivity contribution in [3.05, 3.63) is 112 Å². The van der Waals surface area contributed by atoms with Crippen molar-refractivity contribution >= 4 is 57.8 Å². The third-order valence-electron chi connectivity index (χ3n) is 6.96. The number of thiocarbonyl (C=S) groups is 1. The molecule has 11 heteroatoms. The number of aromatic nitrogens is 2. The van der Waals surface area contributed by atoms with Gasteiger partial charge in [0.25, 0.3) is 0 Å². The molecule has 1 aromatic heterocycles. The number of amides is 1. The molecule has 0 saturated heterocycles. The third-order valence-corrected chi connectivity index (χ3v) is 8.17. The van der Waals surface area contributed by atoms with E-state index in [2.05, 4.69) is 21.7 Å². The highest BCUT2D eigenvalue weighted by Gasteiger charge is 2.27. The van der Waals surface area contributed by atoms with Crippen LogP contribution in [0.25, 0.3) is 0 Å². The van der Waals surface area contributed by atoms with Crippen molar-refractivity contribution in [1.82, 2.24) is 19.8 Å². The van der Waals surface area contributed by atoms with E-state index >= 15 is 0 Å². The van der Waals surface area contributed by atoms with Gasteiger partial charge in [-0.1, -0.05) is 47.5 Å².